The molecular weight excluding hydrogens is 204 g/mol. The van der Waals surface area contributed by atoms with Crippen molar-refractivity contribution in [2.24, 2.45) is 0 Å². The highest BCUT2D eigenvalue weighted by atomic mass is 16.2. The summed E-state index contributed by atoms with van der Waals surface area (Å²) in [6.45, 7) is 8.67. The molecule has 0 aliphatic carbocycles. The van der Waals surface area contributed by atoms with Gasteiger partial charge in [0.2, 0.25) is 0 Å². The van der Waals surface area contributed by atoms with Gasteiger partial charge in [0.15, 0.2) is 0 Å². The summed E-state index contributed by atoms with van der Waals surface area (Å²) < 4.78 is 0. The van der Waals surface area contributed by atoms with Crippen LogP contribution in [0.15, 0.2) is 6.20 Å². The van der Waals surface area contributed by atoms with Crippen LogP contribution in [0.4, 0.5) is 0 Å². The summed E-state index contributed by atoms with van der Waals surface area (Å²) in [5, 5.41) is 6.69. The van der Waals surface area contributed by atoms with E-state index in [0.717, 1.165) is 38.4 Å². The first kappa shape index (κ1) is 11.1. The molecule has 1 amide bonds. The van der Waals surface area contributed by atoms with Crippen LogP contribution in [-0.2, 0) is 0 Å². The molecule has 16 heavy (non-hydrogen) atoms. The minimum absolute atomic E-state index is 0.0991. The van der Waals surface area contributed by atoms with Gasteiger partial charge in [0.1, 0.15) is 0 Å². The average molecular weight is 222 g/mol. The maximum atomic E-state index is 12.1. The second-order valence-corrected chi connectivity index (χ2v) is 4.14. The standard InChI is InChI=1S/C11H18N4O/c1-3-14-4-6-15(7-5-14)11(16)10-8-12-13-9(10)2/h8H,3-7H2,1-2H3,(H,12,13). The van der Waals surface area contributed by atoms with E-state index in [1.165, 1.54) is 0 Å². The van der Waals surface area contributed by atoms with Crippen LogP contribution in [0, 0.1) is 6.92 Å². The van der Waals surface area contributed by atoms with E-state index in [0.29, 0.717) is 5.56 Å². The molecule has 1 aromatic rings. The first-order chi connectivity index (χ1) is 7.72. The summed E-state index contributed by atoms with van der Waals surface area (Å²) in [5.41, 5.74) is 1.55. The van der Waals surface area contributed by atoms with E-state index in [2.05, 4.69) is 22.0 Å². The number of nitrogens with zero attached hydrogens (tertiary/aromatic N) is 3. The zero-order chi connectivity index (χ0) is 11.5. The Kier molecular flexibility index (Phi) is 3.24. The van der Waals surface area contributed by atoms with Crippen LogP contribution in [-0.4, -0.2) is 58.6 Å². The SMILES string of the molecule is CCN1CCN(C(=O)c2cn[nH]c2C)CC1. The van der Waals surface area contributed by atoms with Gasteiger partial charge in [-0.2, -0.15) is 5.10 Å². The summed E-state index contributed by atoms with van der Waals surface area (Å²) in [5.74, 6) is 0.0991. The smallest absolute Gasteiger partial charge is 0.257 e. The van der Waals surface area contributed by atoms with E-state index in [4.69, 9.17) is 0 Å². The molecule has 1 aliphatic rings. The Morgan fingerprint density at radius 3 is 2.62 bits per heavy atom. The lowest BCUT2D eigenvalue weighted by Gasteiger charge is -2.33. The number of nitrogens with one attached hydrogen (secondary N) is 1. The summed E-state index contributed by atoms with van der Waals surface area (Å²) in [6.07, 6.45) is 1.61. The largest absolute Gasteiger partial charge is 0.336 e. The number of hydrogen-bond acceptors (Lipinski definition) is 3. The van der Waals surface area contributed by atoms with Gasteiger partial charge in [-0.1, -0.05) is 6.92 Å². The zero-order valence-electron chi connectivity index (χ0n) is 9.86. The zero-order valence-corrected chi connectivity index (χ0v) is 9.86. The normalized spacial score (nSPS) is 17.8. The molecule has 1 N–H and O–H groups in total. The highest BCUT2D eigenvalue weighted by molar-refractivity contribution is 5.95. The molecule has 5 nitrogen and oxygen atoms in total. The molecule has 1 aromatic heterocycles. The van der Waals surface area contributed by atoms with Crippen LogP contribution in [0.2, 0.25) is 0 Å². The molecule has 0 saturated carbocycles. The van der Waals surface area contributed by atoms with Crippen molar-refractivity contribution in [3.05, 3.63) is 17.5 Å². The second kappa shape index (κ2) is 4.65. The van der Waals surface area contributed by atoms with E-state index in [1.54, 1.807) is 6.20 Å². The van der Waals surface area contributed by atoms with Gasteiger partial charge in [-0.15, -0.1) is 0 Å². The molecule has 5 heteroatoms. The summed E-state index contributed by atoms with van der Waals surface area (Å²) in [4.78, 5) is 16.4. The Hall–Kier alpha value is -1.36. The number of carbonyl (C=O) groups excluding carboxylic acids is 1. The van der Waals surface area contributed by atoms with Crippen LogP contribution in [0.1, 0.15) is 23.0 Å². The maximum absolute atomic E-state index is 12.1. The van der Waals surface area contributed by atoms with Crippen LogP contribution >= 0.6 is 0 Å². The van der Waals surface area contributed by atoms with Crippen molar-refractivity contribution in [3.8, 4) is 0 Å². The van der Waals surface area contributed by atoms with Crippen LogP contribution in [0.5, 0.6) is 0 Å². The monoisotopic (exact) mass is 222 g/mol. The Balaban J connectivity index is 2.00. The third-order valence-corrected chi connectivity index (χ3v) is 3.17. The lowest BCUT2D eigenvalue weighted by Crippen LogP contribution is -2.48. The lowest BCUT2D eigenvalue weighted by molar-refractivity contribution is 0.0643. The number of likely N-dealkylation sites (N-methyl/N-ethyl adjacent to an activating group) is 1. The molecule has 0 unspecified atom stereocenters. The third kappa shape index (κ3) is 2.09. The highest BCUT2D eigenvalue weighted by Crippen LogP contribution is 2.10. The number of aromatic nitrogens is 2. The maximum Gasteiger partial charge on any atom is 0.257 e. The minimum atomic E-state index is 0.0991. The van der Waals surface area contributed by atoms with Gasteiger partial charge in [-0.3, -0.25) is 9.89 Å². The van der Waals surface area contributed by atoms with Crippen LogP contribution in [0.25, 0.3) is 0 Å². The molecule has 88 valence electrons. The van der Waals surface area contributed by atoms with E-state index >= 15 is 0 Å². The molecule has 1 aliphatic heterocycles. The molecule has 0 aromatic carbocycles. The molecule has 1 saturated heterocycles. The van der Waals surface area contributed by atoms with Crippen LogP contribution in [0.3, 0.4) is 0 Å². The first-order valence-corrected chi connectivity index (χ1v) is 5.74. The number of H-pyrrole nitrogens is 1. The Bertz CT molecular complexity index is 366. The Labute approximate surface area is 95.4 Å². The number of aromatic amines is 1. The fourth-order valence-corrected chi connectivity index (χ4v) is 2.00. The molecule has 0 radical (unpaired) electrons. The summed E-state index contributed by atoms with van der Waals surface area (Å²) in [7, 11) is 0. The molecule has 1 fully saturated rings. The highest BCUT2D eigenvalue weighted by Gasteiger charge is 2.22. The van der Waals surface area contributed by atoms with Gasteiger partial charge >= 0.3 is 0 Å². The number of hydrogen-bond donors (Lipinski definition) is 1. The number of amides is 1. The van der Waals surface area contributed by atoms with Gasteiger partial charge in [0.25, 0.3) is 5.91 Å². The number of carbonyl (C=O) groups is 1. The van der Waals surface area contributed by atoms with Gasteiger partial charge in [-0.25, -0.2) is 0 Å². The predicted octanol–water partition coefficient (Wildman–Crippen LogP) is 0.496. The van der Waals surface area contributed by atoms with Gasteiger partial charge in [0, 0.05) is 31.9 Å². The molecular formula is C11H18N4O. The number of rotatable bonds is 2. The van der Waals surface area contributed by atoms with Crippen molar-refractivity contribution in [2.75, 3.05) is 32.7 Å². The van der Waals surface area contributed by atoms with Gasteiger partial charge in [0.05, 0.1) is 11.8 Å². The number of aryl methyl sites for hydroxylation is 1. The topological polar surface area (TPSA) is 52.2 Å². The van der Waals surface area contributed by atoms with Crippen molar-refractivity contribution >= 4 is 5.91 Å². The van der Waals surface area contributed by atoms with Crippen molar-refractivity contribution in [1.82, 2.24) is 20.0 Å². The molecule has 0 spiro atoms. The summed E-state index contributed by atoms with van der Waals surface area (Å²) >= 11 is 0. The van der Waals surface area contributed by atoms with Crippen LogP contribution < -0.4 is 0 Å². The van der Waals surface area contributed by atoms with E-state index in [1.807, 2.05) is 11.8 Å². The Morgan fingerprint density at radius 1 is 1.44 bits per heavy atom. The van der Waals surface area contributed by atoms with Gasteiger partial charge in [-0.05, 0) is 13.5 Å². The quantitative estimate of drug-likeness (QED) is 0.792. The second-order valence-electron chi connectivity index (χ2n) is 4.14. The molecule has 2 heterocycles. The minimum Gasteiger partial charge on any atom is -0.336 e. The van der Waals surface area contributed by atoms with Crippen molar-refractivity contribution in [2.45, 2.75) is 13.8 Å². The molecule has 0 bridgehead atoms. The summed E-state index contributed by atoms with van der Waals surface area (Å²) in [6, 6.07) is 0. The van der Waals surface area contributed by atoms with Gasteiger partial charge < -0.3 is 9.80 Å². The third-order valence-electron chi connectivity index (χ3n) is 3.17. The lowest BCUT2D eigenvalue weighted by atomic mass is 10.2. The van der Waals surface area contributed by atoms with E-state index in [9.17, 15) is 4.79 Å². The average Bonchev–Trinajstić information content (AvgIpc) is 2.75. The van der Waals surface area contributed by atoms with E-state index < -0.39 is 0 Å². The number of piperazine rings is 1. The first-order valence-electron chi connectivity index (χ1n) is 5.74. The fraction of sp³-hybridized carbons (Fsp3) is 0.636. The fourth-order valence-electron chi connectivity index (χ4n) is 2.00. The van der Waals surface area contributed by atoms with Crippen molar-refractivity contribution in [1.29, 1.82) is 0 Å². The molecule has 2 rings (SSSR count). The predicted molar refractivity (Wildman–Crippen MR) is 61.3 cm³/mol. The molecule has 0 atom stereocenters. The Morgan fingerprint density at radius 2 is 2.12 bits per heavy atom. The van der Waals surface area contributed by atoms with E-state index in [-0.39, 0.29) is 5.91 Å². The van der Waals surface area contributed by atoms with Crippen molar-refractivity contribution in [3.63, 3.8) is 0 Å². The van der Waals surface area contributed by atoms with Crippen molar-refractivity contribution < 1.29 is 4.79 Å².